The van der Waals surface area contributed by atoms with Crippen LogP contribution in [-0.4, -0.2) is 29.9 Å². The van der Waals surface area contributed by atoms with Gasteiger partial charge in [0.25, 0.3) is 5.91 Å². The van der Waals surface area contributed by atoms with Crippen molar-refractivity contribution < 1.29 is 14.0 Å². The second-order valence-corrected chi connectivity index (χ2v) is 5.10. The van der Waals surface area contributed by atoms with Crippen LogP contribution in [0.25, 0.3) is 0 Å². The fourth-order valence-electron chi connectivity index (χ4n) is 2.59. The Morgan fingerprint density at radius 2 is 2.00 bits per heavy atom. The maximum atomic E-state index is 13.5. The molecule has 118 valence electrons. The van der Waals surface area contributed by atoms with Gasteiger partial charge >= 0.3 is 6.03 Å². The van der Waals surface area contributed by atoms with Crippen molar-refractivity contribution in [2.75, 3.05) is 13.1 Å². The molecular weight excluding hydrogens is 285 g/mol. The van der Waals surface area contributed by atoms with E-state index >= 15 is 0 Å². The average molecular weight is 305 g/mol. The number of nitrogens with zero attached hydrogens (tertiary/aromatic N) is 1. The van der Waals surface area contributed by atoms with Crippen molar-refractivity contribution in [2.45, 2.75) is 26.8 Å². The lowest BCUT2D eigenvalue weighted by Crippen LogP contribution is -2.47. The van der Waals surface area contributed by atoms with E-state index in [4.69, 9.17) is 0 Å². The number of amides is 3. The van der Waals surface area contributed by atoms with E-state index in [0.29, 0.717) is 29.9 Å². The maximum absolute atomic E-state index is 13.5. The molecule has 1 heterocycles. The number of carbonyl (C=O) groups is 2. The minimum Gasteiger partial charge on any atom is -0.339 e. The van der Waals surface area contributed by atoms with Crippen LogP contribution in [0.3, 0.4) is 0 Å². The molecule has 1 aromatic rings. The molecule has 6 heteroatoms. The van der Waals surface area contributed by atoms with Gasteiger partial charge in [0.1, 0.15) is 5.82 Å². The normalized spacial score (nSPS) is 17.8. The Morgan fingerprint density at radius 3 is 2.59 bits per heavy atom. The highest BCUT2D eigenvalue weighted by atomic mass is 19.1. The van der Waals surface area contributed by atoms with Gasteiger partial charge < -0.3 is 15.5 Å². The quantitative estimate of drug-likeness (QED) is 0.897. The van der Waals surface area contributed by atoms with Crippen molar-refractivity contribution in [1.29, 1.82) is 0 Å². The lowest BCUT2D eigenvalue weighted by atomic mass is 9.94. The SMILES string of the molecule is CCN(CC)C(=O)C1=C(C)NC(=O)N[C@@H]1c1cccc(F)c1. The third-order valence-corrected chi connectivity index (χ3v) is 3.73. The second kappa shape index (κ2) is 6.60. The summed E-state index contributed by atoms with van der Waals surface area (Å²) < 4.78 is 13.5. The number of nitrogens with one attached hydrogen (secondary N) is 2. The highest BCUT2D eigenvalue weighted by Gasteiger charge is 2.32. The first-order valence-electron chi connectivity index (χ1n) is 7.30. The number of carbonyl (C=O) groups excluding carboxylic acids is 2. The van der Waals surface area contributed by atoms with E-state index in [9.17, 15) is 14.0 Å². The van der Waals surface area contributed by atoms with Gasteiger partial charge in [0, 0.05) is 18.8 Å². The maximum Gasteiger partial charge on any atom is 0.319 e. The van der Waals surface area contributed by atoms with Gasteiger partial charge in [-0.15, -0.1) is 0 Å². The number of allylic oxidation sites excluding steroid dienone is 1. The highest BCUT2D eigenvalue weighted by molar-refractivity contribution is 5.98. The van der Waals surface area contributed by atoms with Crippen LogP contribution < -0.4 is 10.6 Å². The van der Waals surface area contributed by atoms with E-state index in [-0.39, 0.29) is 5.91 Å². The molecule has 0 unspecified atom stereocenters. The number of hydrogen-bond donors (Lipinski definition) is 2. The predicted molar refractivity (Wildman–Crippen MR) is 81.4 cm³/mol. The summed E-state index contributed by atoms with van der Waals surface area (Å²) in [5.41, 5.74) is 1.48. The zero-order chi connectivity index (χ0) is 16.3. The Hall–Kier alpha value is -2.37. The van der Waals surface area contributed by atoms with Crippen LogP contribution in [0.2, 0.25) is 0 Å². The van der Waals surface area contributed by atoms with Crippen LogP contribution in [0.1, 0.15) is 32.4 Å². The molecule has 0 aliphatic carbocycles. The van der Waals surface area contributed by atoms with E-state index in [1.165, 1.54) is 12.1 Å². The number of benzene rings is 1. The fourth-order valence-corrected chi connectivity index (χ4v) is 2.59. The number of rotatable bonds is 4. The van der Waals surface area contributed by atoms with Crippen molar-refractivity contribution in [3.05, 3.63) is 46.9 Å². The van der Waals surface area contributed by atoms with E-state index in [0.717, 1.165) is 0 Å². The summed E-state index contributed by atoms with van der Waals surface area (Å²) in [5, 5.41) is 5.32. The van der Waals surface area contributed by atoms with Crippen molar-refractivity contribution in [3.8, 4) is 0 Å². The van der Waals surface area contributed by atoms with E-state index in [2.05, 4.69) is 10.6 Å². The summed E-state index contributed by atoms with van der Waals surface area (Å²) in [5.74, 6) is -0.568. The number of urea groups is 1. The molecule has 3 amide bonds. The van der Waals surface area contributed by atoms with Crippen molar-refractivity contribution in [1.82, 2.24) is 15.5 Å². The van der Waals surface area contributed by atoms with Gasteiger partial charge in [0.05, 0.1) is 11.6 Å². The predicted octanol–water partition coefficient (Wildman–Crippen LogP) is 2.32. The lowest BCUT2D eigenvalue weighted by molar-refractivity contribution is -0.127. The zero-order valence-corrected chi connectivity index (χ0v) is 12.9. The summed E-state index contributed by atoms with van der Waals surface area (Å²) in [4.78, 5) is 26.1. The molecule has 0 fully saturated rings. The molecule has 0 radical (unpaired) electrons. The molecule has 2 N–H and O–H groups in total. The van der Waals surface area contributed by atoms with Crippen LogP contribution >= 0.6 is 0 Å². The van der Waals surface area contributed by atoms with Gasteiger partial charge in [-0.2, -0.15) is 0 Å². The minimum absolute atomic E-state index is 0.163. The van der Waals surface area contributed by atoms with Gasteiger partial charge in [0.2, 0.25) is 0 Å². The van der Waals surface area contributed by atoms with E-state index in [1.807, 2.05) is 13.8 Å². The van der Waals surface area contributed by atoms with Crippen molar-refractivity contribution in [2.24, 2.45) is 0 Å². The first-order valence-corrected chi connectivity index (χ1v) is 7.30. The second-order valence-electron chi connectivity index (χ2n) is 5.10. The molecule has 1 aliphatic rings. The van der Waals surface area contributed by atoms with Gasteiger partial charge in [-0.1, -0.05) is 12.1 Å². The molecule has 0 aromatic heterocycles. The highest BCUT2D eigenvalue weighted by Crippen LogP contribution is 2.28. The molecule has 1 aromatic carbocycles. The minimum atomic E-state index is -0.655. The van der Waals surface area contributed by atoms with Crippen LogP contribution in [0.4, 0.5) is 9.18 Å². The lowest BCUT2D eigenvalue weighted by Gasteiger charge is -2.31. The molecule has 0 saturated carbocycles. The summed E-state index contributed by atoms with van der Waals surface area (Å²) in [6.07, 6.45) is 0. The van der Waals surface area contributed by atoms with Crippen LogP contribution in [0.5, 0.6) is 0 Å². The molecule has 1 atom stereocenters. The smallest absolute Gasteiger partial charge is 0.319 e. The Bertz CT molecular complexity index is 624. The third kappa shape index (κ3) is 3.10. The standard InChI is InChI=1S/C16H20FN3O2/c1-4-20(5-2)15(21)13-10(3)18-16(22)19-14(13)11-7-6-8-12(17)9-11/h6-9,14H,4-5H2,1-3H3,(H2,18,19,22)/t14-/m1/s1. The molecular formula is C16H20FN3O2. The van der Waals surface area contributed by atoms with Gasteiger partial charge in [0.15, 0.2) is 0 Å². The van der Waals surface area contributed by atoms with Gasteiger partial charge in [-0.3, -0.25) is 4.79 Å². The Kier molecular flexibility index (Phi) is 4.80. The van der Waals surface area contributed by atoms with Crippen molar-refractivity contribution in [3.63, 3.8) is 0 Å². The summed E-state index contributed by atoms with van der Waals surface area (Å²) in [6.45, 7) is 6.60. The fraction of sp³-hybridized carbons (Fsp3) is 0.375. The summed E-state index contributed by atoms with van der Waals surface area (Å²) >= 11 is 0. The Labute approximate surface area is 129 Å². The monoisotopic (exact) mass is 305 g/mol. The van der Waals surface area contributed by atoms with Gasteiger partial charge in [-0.25, -0.2) is 9.18 Å². The molecule has 0 spiro atoms. The van der Waals surface area contributed by atoms with Crippen LogP contribution in [0, 0.1) is 5.82 Å². The van der Waals surface area contributed by atoms with E-state index < -0.39 is 17.9 Å². The van der Waals surface area contributed by atoms with E-state index in [1.54, 1.807) is 24.0 Å². The Morgan fingerprint density at radius 1 is 1.32 bits per heavy atom. The summed E-state index contributed by atoms with van der Waals surface area (Å²) in [6, 6.07) is 4.87. The number of likely N-dealkylation sites (N-methyl/N-ethyl adjacent to an activating group) is 1. The van der Waals surface area contributed by atoms with Crippen LogP contribution in [-0.2, 0) is 4.79 Å². The Balaban J connectivity index is 2.47. The third-order valence-electron chi connectivity index (χ3n) is 3.73. The molecule has 22 heavy (non-hydrogen) atoms. The average Bonchev–Trinajstić information content (AvgIpc) is 2.47. The topological polar surface area (TPSA) is 61.4 Å². The molecule has 1 aliphatic heterocycles. The first kappa shape index (κ1) is 16.0. The molecule has 0 bridgehead atoms. The number of halogens is 1. The molecule has 2 rings (SSSR count). The van der Waals surface area contributed by atoms with Crippen LogP contribution in [0.15, 0.2) is 35.5 Å². The van der Waals surface area contributed by atoms with Gasteiger partial charge in [-0.05, 0) is 38.5 Å². The molecule has 5 nitrogen and oxygen atoms in total. The zero-order valence-electron chi connectivity index (χ0n) is 12.9. The summed E-state index contributed by atoms with van der Waals surface area (Å²) in [7, 11) is 0. The first-order chi connectivity index (χ1) is 10.5. The van der Waals surface area contributed by atoms with Crippen molar-refractivity contribution >= 4 is 11.9 Å². The number of hydrogen-bond acceptors (Lipinski definition) is 2. The largest absolute Gasteiger partial charge is 0.339 e. The molecule has 0 saturated heterocycles.